The van der Waals surface area contributed by atoms with Gasteiger partial charge in [0.2, 0.25) is 0 Å². The lowest BCUT2D eigenvalue weighted by Crippen LogP contribution is -2.53. The van der Waals surface area contributed by atoms with E-state index in [0.717, 1.165) is 0 Å². The first-order chi connectivity index (χ1) is 18.3. The Morgan fingerprint density at radius 2 is 1.54 bits per heavy atom. The Hall–Kier alpha value is -1.74. The lowest BCUT2D eigenvalue weighted by Gasteiger charge is -2.47. The van der Waals surface area contributed by atoms with E-state index in [2.05, 4.69) is 52.6 Å². The molecule has 0 amide bonds. The molecule has 1 spiro atoms. The highest BCUT2D eigenvalue weighted by Crippen LogP contribution is 2.69. The zero-order valence-electron chi connectivity index (χ0n) is 23.0. The van der Waals surface area contributed by atoms with Gasteiger partial charge in [0, 0.05) is 28.0 Å². The van der Waals surface area contributed by atoms with Crippen molar-refractivity contribution in [2.75, 3.05) is 6.61 Å². The molecule has 2 aromatic carbocycles. The summed E-state index contributed by atoms with van der Waals surface area (Å²) >= 11 is 7.97. The van der Waals surface area contributed by atoms with Crippen molar-refractivity contribution in [3.63, 3.8) is 0 Å². The Balaban J connectivity index is 1.34. The summed E-state index contributed by atoms with van der Waals surface area (Å²) in [5.41, 5.74) is -0.108. The predicted molar refractivity (Wildman–Crippen MR) is 155 cm³/mol. The first-order valence-electron chi connectivity index (χ1n) is 13.5. The van der Waals surface area contributed by atoms with Crippen molar-refractivity contribution in [1.82, 2.24) is 0 Å². The van der Waals surface area contributed by atoms with E-state index >= 15 is 0 Å². The maximum atomic E-state index is 13.0. The summed E-state index contributed by atoms with van der Waals surface area (Å²) in [6.07, 6.45) is 0.812. The van der Waals surface area contributed by atoms with Gasteiger partial charge in [0.25, 0.3) is 0 Å². The monoisotopic (exact) mass is 662 g/mol. The number of benzene rings is 2. The quantitative estimate of drug-likeness (QED) is 0.246. The summed E-state index contributed by atoms with van der Waals surface area (Å²) in [5.74, 6) is -1.50. The molecule has 2 unspecified atom stereocenters. The van der Waals surface area contributed by atoms with Crippen molar-refractivity contribution in [1.29, 1.82) is 0 Å². The number of esters is 2. The van der Waals surface area contributed by atoms with Crippen molar-refractivity contribution >= 4 is 43.8 Å². The van der Waals surface area contributed by atoms with Crippen molar-refractivity contribution in [3.05, 3.63) is 71.8 Å². The molecule has 2 aliphatic heterocycles. The molecule has 1 aliphatic carbocycles. The third-order valence-electron chi connectivity index (χ3n) is 9.55. The Kier molecular flexibility index (Phi) is 7.58. The van der Waals surface area contributed by atoms with Crippen molar-refractivity contribution in [2.45, 2.75) is 80.2 Å². The normalized spacial score (nSPS) is 39.9. The first kappa shape index (κ1) is 28.8. The minimum atomic E-state index is -0.816. The Labute approximate surface area is 247 Å². The highest BCUT2D eigenvalue weighted by molar-refractivity contribution is 9.12. The third kappa shape index (κ3) is 4.69. The molecule has 3 aliphatic rings. The van der Waals surface area contributed by atoms with E-state index in [4.69, 9.17) is 18.9 Å². The second-order valence-corrected chi connectivity index (χ2v) is 14.5. The summed E-state index contributed by atoms with van der Waals surface area (Å²) < 4.78 is 24.9. The van der Waals surface area contributed by atoms with Gasteiger partial charge < -0.3 is 18.9 Å². The van der Waals surface area contributed by atoms with Gasteiger partial charge in [-0.2, -0.15) is 0 Å². The van der Waals surface area contributed by atoms with E-state index in [9.17, 15) is 9.59 Å². The van der Waals surface area contributed by atoms with Gasteiger partial charge >= 0.3 is 11.9 Å². The van der Waals surface area contributed by atoms with Gasteiger partial charge in [-0.25, -0.2) is 9.59 Å². The fraction of sp³-hybridized carbons (Fsp3) is 0.548. The van der Waals surface area contributed by atoms with Gasteiger partial charge in [0.1, 0.15) is 18.3 Å². The minimum Gasteiger partial charge on any atom is -0.459 e. The fourth-order valence-corrected chi connectivity index (χ4v) is 8.71. The summed E-state index contributed by atoms with van der Waals surface area (Å²) in [6, 6.07) is 18.1. The van der Waals surface area contributed by atoms with Crippen LogP contribution in [0.5, 0.6) is 0 Å². The first-order valence-corrected chi connectivity index (χ1v) is 15.2. The molecule has 2 saturated heterocycles. The standard InChI is InChI=1S/C31H36Br2O6/c1-19-23-24(25(32)30(5,33)29(23,4)20(2)37-27(35)22-14-10-7-11-15-22)38-31(19)17-16-28(3,39-31)18-36-26(34)21-12-8-6-9-13-21/h6-15,19-20,23-25H,16-18H2,1-5H3/t19-,20+,23-,24+,25?,28-,29+,30?,31-/m0/s1. The van der Waals surface area contributed by atoms with Crippen molar-refractivity contribution < 1.29 is 28.5 Å². The van der Waals surface area contributed by atoms with Crippen LogP contribution in [-0.2, 0) is 18.9 Å². The highest BCUT2D eigenvalue weighted by atomic mass is 79.9. The molecule has 2 aromatic rings. The predicted octanol–water partition coefficient (Wildman–Crippen LogP) is 6.94. The number of carbonyl (C=O) groups is 2. The molecule has 0 N–H and O–H groups in total. The van der Waals surface area contributed by atoms with Crippen molar-refractivity contribution in [3.8, 4) is 0 Å². The molecular weight excluding hydrogens is 628 g/mol. The Morgan fingerprint density at radius 3 is 2.13 bits per heavy atom. The van der Waals surface area contributed by atoms with Crippen molar-refractivity contribution in [2.24, 2.45) is 17.3 Å². The number of halogens is 2. The van der Waals surface area contributed by atoms with E-state index in [-0.39, 0.29) is 41.3 Å². The van der Waals surface area contributed by atoms with Gasteiger partial charge in [-0.3, -0.25) is 0 Å². The second kappa shape index (κ2) is 10.3. The average Bonchev–Trinajstić information content (AvgIpc) is 3.47. The second-order valence-electron chi connectivity index (χ2n) is 11.9. The lowest BCUT2D eigenvalue weighted by atomic mass is 9.65. The maximum Gasteiger partial charge on any atom is 0.338 e. The van der Waals surface area contributed by atoms with E-state index in [0.29, 0.717) is 24.0 Å². The largest absolute Gasteiger partial charge is 0.459 e. The van der Waals surface area contributed by atoms with E-state index in [1.165, 1.54) is 0 Å². The number of fused-ring (bicyclic) bond motifs is 1. The molecular formula is C31H36Br2O6. The maximum absolute atomic E-state index is 13.0. The van der Waals surface area contributed by atoms with Crippen LogP contribution >= 0.6 is 31.9 Å². The Morgan fingerprint density at radius 1 is 0.974 bits per heavy atom. The van der Waals surface area contributed by atoms with Gasteiger partial charge in [0.15, 0.2) is 5.79 Å². The molecule has 6 nitrogen and oxygen atoms in total. The SMILES string of the molecule is C[C@H]1[C@H]2[C@@H](O[C@]13CC[C@@](C)(COC(=O)c1ccccc1)O3)C(Br)C(C)(Br)[C@]2(C)[C@@H](C)OC(=O)c1ccccc1. The molecule has 5 rings (SSSR count). The number of hydrogen-bond acceptors (Lipinski definition) is 6. The average molecular weight is 664 g/mol. The van der Waals surface area contributed by atoms with Crippen LogP contribution in [0.1, 0.15) is 68.2 Å². The fourth-order valence-electron chi connectivity index (χ4n) is 6.94. The van der Waals surface area contributed by atoms with E-state index in [1.807, 2.05) is 50.2 Å². The number of rotatable bonds is 6. The van der Waals surface area contributed by atoms with Gasteiger partial charge in [0.05, 0.1) is 22.1 Å². The zero-order chi connectivity index (χ0) is 28.2. The molecule has 39 heavy (non-hydrogen) atoms. The molecule has 0 aromatic heterocycles. The number of alkyl halides is 2. The van der Waals surface area contributed by atoms with Crippen LogP contribution in [0.2, 0.25) is 0 Å². The van der Waals surface area contributed by atoms with Crippen LogP contribution in [0.4, 0.5) is 0 Å². The van der Waals surface area contributed by atoms with E-state index < -0.39 is 27.2 Å². The van der Waals surface area contributed by atoms with Crippen LogP contribution in [-0.4, -0.2) is 51.3 Å². The smallest absolute Gasteiger partial charge is 0.338 e. The molecule has 9 atom stereocenters. The van der Waals surface area contributed by atoms with Crippen LogP contribution < -0.4 is 0 Å². The molecule has 8 heteroatoms. The molecule has 0 radical (unpaired) electrons. The summed E-state index contributed by atoms with van der Waals surface area (Å²) in [7, 11) is 0. The summed E-state index contributed by atoms with van der Waals surface area (Å²) in [6.45, 7) is 10.6. The van der Waals surface area contributed by atoms with Crippen LogP contribution in [0.25, 0.3) is 0 Å². The minimum absolute atomic E-state index is 0.00329. The zero-order valence-corrected chi connectivity index (χ0v) is 26.2. The number of hydrogen-bond donors (Lipinski definition) is 0. The summed E-state index contributed by atoms with van der Waals surface area (Å²) in [5, 5.41) is 0. The van der Waals surface area contributed by atoms with Crippen LogP contribution in [0, 0.1) is 17.3 Å². The van der Waals surface area contributed by atoms with Crippen LogP contribution in [0.3, 0.4) is 0 Å². The highest BCUT2D eigenvalue weighted by Gasteiger charge is 2.75. The van der Waals surface area contributed by atoms with Gasteiger partial charge in [-0.1, -0.05) is 82.1 Å². The molecule has 3 fully saturated rings. The topological polar surface area (TPSA) is 71.1 Å². The molecule has 2 heterocycles. The Bertz CT molecular complexity index is 1220. The third-order valence-corrected chi connectivity index (χ3v) is 13.0. The molecule has 0 bridgehead atoms. The summed E-state index contributed by atoms with van der Waals surface area (Å²) in [4.78, 5) is 25.6. The molecule has 210 valence electrons. The molecule has 1 saturated carbocycles. The van der Waals surface area contributed by atoms with Crippen LogP contribution in [0.15, 0.2) is 60.7 Å². The lowest BCUT2D eigenvalue weighted by molar-refractivity contribution is -0.259. The van der Waals surface area contributed by atoms with Gasteiger partial charge in [-0.15, -0.1) is 0 Å². The van der Waals surface area contributed by atoms with E-state index in [1.54, 1.807) is 24.3 Å². The van der Waals surface area contributed by atoms with Gasteiger partial charge in [-0.05, 0) is 51.5 Å². The number of ether oxygens (including phenoxy) is 4. The number of carbonyl (C=O) groups excluding carboxylic acids is 2.